The first-order valence-corrected chi connectivity index (χ1v) is 4.36. The zero-order valence-corrected chi connectivity index (χ0v) is 8.32. The highest BCUT2D eigenvalue weighted by atomic mass is 35.5. The molecule has 6 nitrogen and oxygen atoms in total. The van der Waals surface area contributed by atoms with Crippen molar-refractivity contribution in [1.29, 1.82) is 0 Å². The number of nitro benzene ring substituents is 1. The molecule has 0 aromatic heterocycles. The van der Waals surface area contributed by atoms with Gasteiger partial charge in [0.2, 0.25) is 5.91 Å². The molecular formula is C8H8ClN3O3. The summed E-state index contributed by atoms with van der Waals surface area (Å²) in [7, 11) is 0. The fraction of sp³-hybridized carbons (Fsp3) is 0.125. The molecule has 80 valence electrons. The number of amides is 1. The molecule has 15 heavy (non-hydrogen) atoms. The molecule has 0 aliphatic rings. The third-order valence-electron chi connectivity index (χ3n) is 1.62. The predicted molar refractivity (Wildman–Crippen MR) is 55.8 cm³/mol. The second-order valence-electron chi connectivity index (χ2n) is 2.67. The Balaban J connectivity index is 3.00. The van der Waals surface area contributed by atoms with Crippen molar-refractivity contribution in [2.45, 2.75) is 0 Å². The van der Waals surface area contributed by atoms with E-state index in [1.165, 1.54) is 18.2 Å². The minimum absolute atomic E-state index is 0.147. The van der Waals surface area contributed by atoms with E-state index in [4.69, 9.17) is 17.3 Å². The molecule has 1 aromatic carbocycles. The van der Waals surface area contributed by atoms with E-state index in [9.17, 15) is 14.9 Å². The average Bonchev–Trinajstić information content (AvgIpc) is 2.20. The van der Waals surface area contributed by atoms with Crippen LogP contribution in [-0.4, -0.2) is 17.4 Å². The molecule has 0 aliphatic heterocycles. The van der Waals surface area contributed by atoms with Crippen molar-refractivity contribution >= 4 is 28.9 Å². The Hall–Kier alpha value is -1.66. The van der Waals surface area contributed by atoms with Crippen LogP contribution in [0.15, 0.2) is 18.2 Å². The first-order valence-electron chi connectivity index (χ1n) is 3.98. The molecule has 0 saturated heterocycles. The highest BCUT2D eigenvalue weighted by Gasteiger charge is 2.10. The third-order valence-corrected chi connectivity index (χ3v) is 1.95. The zero-order valence-electron chi connectivity index (χ0n) is 7.57. The number of nitro groups is 1. The minimum atomic E-state index is -0.575. The number of anilines is 1. The lowest BCUT2D eigenvalue weighted by Crippen LogP contribution is -2.22. The van der Waals surface area contributed by atoms with Crippen LogP contribution >= 0.6 is 11.6 Å². The quantitative estimate of drug-likeness (QED) is 0.600. The number of benzene rings is 1. The molecule has 0 spiro atoms. The lowest BCUT2D eigenvalue weighted by Gasteiger charge is -2.05. The van der Waals surface area contributed by atoms with Crippen molar-refractivity contribution < 1.29 is 9.72 Å². The van der Waals surface area contributed by atoms with E-state index in [1.54, 1.807) is 0 Å². The SMILES string of the molecule is NCC(=O)Nc1cc([N+](=O)[O-])ccc1Cl. The summed E-state index contributed by atoms with van der Waals surface area (Å²) in [5, 5.41) is 13.0. The van der Waals surface area contributed by atoms with Gasteiger partial charge in [-0.25, -0.2) is 0 Å². The van der Waals surface area contributed by atoms with E-state index in [1.807, 2.05) is 0 Å². The third kappa shape index (κ3) is 2.90. The summed E-state index contributed by atoms with van der Waals surface area (Å²) in [6.07, 6.45) is 0. The highest BCUT2D eigenvalue weighted by molar-refractivity contribution is 6.33. The van der Waals surface area contributed by atoms with Crippen molar-refractivity contribution in [2.75, 3.05) is 11.9 Å². The minimum Gasteiger partial charge on any atom is -0.323 e. The molecule has 1 aromatic rings. The number of carbonyl (C=O) groups excluding carboxylic acids is 1. The standard InChI is InChI=1S/C8H8ClN3O3/c9-6-2-1-5(12(14)15)3-7(6)11-8(13)4-10/h1-3H,4,10H2,(H,11,13). The van der Waals surface area contributed by atoms with E-state index in [-0.39, 0.29) is 22.9 Å². The van der Waals surface area contributed by atoms with Crippen LogP contribution in [0.5, 0.6) is 0 Å². The molecule has 0 atom stereocenters. The van der Waals surface area contributed by atoms with Gasteiger partial charge in [-0.1, -0.05) is 11.6 Å². The number of hydrogen-bond donors (Lipinski definition) is 2. The summed E-state index contributed by atoms with van der Waals surface area (Å²) in [5.41, 5.74) is 5.11. The lowest BCUT2D eigenvalue weighted by molar-refractivity contribution is -0.384. The summed E-state index contributed by atoms with van der Waals surface area (Å²) < 4.78 is 0. The molecule has 0 heterocycles. The average molecular weight is 230 g/mol. The predicted octanol–water partition coefficient (Wildman–Crippen LogP) is 1.15. The van der Waals surface area contributed by atoms with Gasteiger partial charge in [-0.15, -0.1) is 0 Å². The van der Waals surface area contributed by atoms with Crippen LogP contribution < -0.4 is 11.1 Å². The maximum absolute atomic E-state index is 10.9. The second kappa shape index (κ2) is 4.72. The number of halogens is 1. The number of hydrogen-bond acceptors (Lipinski definition) is 4. The van der Waals surface area contributed by atoms with Crippen LogP contribution in [0.2, 0.25) is 5.02 Å². The first-order chi connectivity index (χ1) is 7.04. The topological polar surface area (TPSA) is 98.3 Å². The number of rotatable bonds is 3. The highest BCUT2D eigenvalue weighted by Crippen LogP contribution is 2.26. The largest absolute Gasteiger partial charge is 0.323 e. The van der Waals surface area contributed by atoms with Crippen molar-refractivity contribution in [3.05, 3.63) is 33.3 Å². The number of non-ortho nitro benzene ring substituents is 1. The van der Waals surface area contributed by atoms with E-state index < -0.39 is 10.8 Å². The Morgan fingerprint density at radius 3 is 2.80 bits per heavy atom. The molecule has 1 rings (SSSR count). The molecule has 0 fully saturated rings. The van der Waals surface area contributed by atoms with Gasteiger partial charge in [0.15, 0.2) is 0 Å². The van der Waals surface area contributed by atoms with E-state index in [0.717, 1.165) is 0 Å². The van der Waals surface area contributed by atoms with Gasteiger partial charge in [0, 0.05) is 12.1 Å². The van der Waals surface area contributed by atoms with Crippen molar-refractivity contribution in [3.63, 3.8) is 0 Å². The van der Waals surface area contributed by atoms with E-state index in [0.29, 0.717) is 0 Å². The van der Waals surface area contributed by atoms with Crippen molar-refractivity contribution in [2.24, 2.45) is 5.73 Å². The maximum Gasteiger partial charge on any atom is 0.271 e. The van der Waals surface area contributed by atoms with Gasteiger partial charge in [-0.2, -0.15) is 0 Å². The lowest BCUT2D eigenvalue weighted by atomic mass is 10.3. The summed E-state index contributed by atoms with van der Waals surface area (Å²) in [5.74, 6) is -0.461. The van der Waals surface area contributed by atoms with Crippen molar-refractivity contribution in [1.82, 2.24) is 0 Å². The van der Waals surface area contributed by atoms with E-state index in [2.05, 4.69) is 5.32 Å². The van der Waals surface area contributed by atoms with Gasteiger partial charge < -0.3 is 11.1 Å². The van der Waals surface area contributed by atoms with Crippen LogP contribution in [0.25, 0.3) is 0 Å². The van der Waals surface area contributed by atoms with Gasteiger partial charge in [0.1, 0.15) is 0 Å². The van der Waals surface area contributed by atoms with Gasteiger partial charge in [0.05, 0.1) is 22.2 Å². The van der Waals surface area contributed by atoms with Crippen LogP contribution in [0.4, 0.5) is 11.4 Å². The van der Waals surface area contributed by atoms with E-state index >= 15 is 0 Å². The normalized spacial score (nSPS) is 9.73. The Kier molecular flexibility index (Phi) is 3.59. The smallest absolute Gasteiger partial charge is 0.271 e. The number of nitrogens with one attached hydrogen (secondary N) is 1. The number of carbonyl (C=O) groups is 1. The summed E-state index contributed by atoms with van der Waals surface area (Å²) in [6.45, 7) is -0.209. The van der Waals surface area contributed by atoms with Gasteiger partial charge >= 0.3 is 0 Å². The molecule has 0 radical (unpaired) electrons. The molecule has 0 aliphatic carbocycles. The molecule has 0 unspecified atom stereocenters. The molecule has 0 saturated carbocycles. The van der Waals surface area contributed by atoms with Crippen molar-refractivity contribution in [3.8, 4) is 0 Å². The van der Waals surface area contributed by atoms with Crippen LogP contribution in [-0.2, 0) is 4.79 Å². The Bertz CT molecular complexity index is 408. The summed E-state index contributed by atoms with van der Waals surface area (Å²) in [6, 6.07) is 3.77. The Morgan fingerprint density at radius 1 is 1.60 bits per heavy atom. The van der Waals surface area contributed by atoms with Crippen LogP contribution in [0, 0.1) is 10.1 Å². The van der Waals surface area contributed by atoms with Gasteiger partial charge in [-0.3, -0.25) is 14.9 Å². The first kappa shape index (κ1) is 11.4. The fourth-order valence-electron chi connectivity index (χ4n) is 0.924. The van der Waals surface area contributed by atoms with Crippen LogP contribution in [0.1, 0.15) is 0 Å². The number of nitrogens with two attached hydrogens (primary N) is 1. The maximum atomic E-state index is 10.9. The molecular weight excluding hydrogens is 222 g/mol. The molecule has 7 heteroatoms. The monoisotopic (exact) mass is 229 g/mol. The summed E-state index contributed by atoms with van der Waals surface area (Å²) in [4.78, 5) is 20.8. The Labute approximate surface area is 90.2 Å². The second-order valence-corrected chi connectivity index (χ2v) is 3.08. The molecule has 0 bridgehead atoms. The number of nitrogens with zero attached hydrogens (tertiary/aromatic N) is 1. The molecule has 1 amide bonds. The van der Waals surface area contributed by atoms with Gasteiger partial charge in [-0.05, 0) is 6.07 Å². The van der Waals surface area contributed by atoms with Gasteiger partial charge in [0.25, 0.3) is 5.69 Å². The summed E-state index contributed by atoms with van der Waals surface area (Å²) >= 11 is 5.72. The molecule has 3 N–H and O–H groups in total. The van der Waals surface area contributed by atoms with Crippen LogP contribution in [0.3, 0.4) is 0 Å². The zero-order chi connectivity index (χ0) is 11.4. The fourth-order valence-corrected chi connectivity index (χ4v) is 1.09. The Morgan fingerprint density at radius 2 is 2.27 bits per heavy atom.